The molecule has 6 aromatic carbocycles. The zero-order valence-corrected chi connectivity index (χ0v) is 65.7. The Morgan fingerprint density at radius 1 is 0.297 bits per heavy atom. The van der Waals surface area contributed by atoms with Crippen LogP contribution < -0.4 is 20.2 Å². The summed E-state index contributed by atoms with van der Waals surface area (Å²) < 4.78 is 0. The van der Waals surface area contributed by atoms with E-state index in [2.05, 4.69) is 174 Å². The van der Waals surface area contributed by atoms with Crippen molar-refractivity contribution >= 4 is 45.1 Å². The van der Waals surface area contributed by atoms with Crippen molar-refractivity contribution in [2.24, 2.45) is 11.8 Å². The minimum atomic E-state index is -0.00170. The van der Waals surface area contributed by atoms with Crippen molar-refractivity contribution in [2.45, 2.75) is 356 Å². The zero-order valence-electron chi connectivity index (χ0n) is 65.7. The molecular formula is C97H140N2O2. The Labute approximate surface area is 617 Å². The van der Waals surface area contributed by atoms with Crippen molar-refractivity contribution in [1.82, 2.24) is 0 Å². The van der Waals surface area contributed by atoms with Crippen LogP contribution in [0.4, 0.5) is 11.4 Å². The van der Waals surface area contributed by atoms with Gasteiger partial charge in [0.1, 0.15) is 0 Å². The highest BCUT2D eigenvalue weighted by molar-refractivity contribution is 6.34. The van der Waals surface area contributed by atoms with Gasteiger partial charge < -0.3 is 9.80 Å². The molecule has 2 unspecified atom stereocenters. The van der Waals surface area contributed by atoms with E-state index in [0.717, 1.165) is 87.1 Å². The molecule has 3 aliphatic rings. The molecule has 4 nitrogen and oxygen atoms in total. The topological polar surface area (TPSA) is 40.6 Å². The number of aryl methyl sites for hydroxylation is 2. The van der Waals surface area contributed by atoms with E-state index in [9.17, 15) is 0 Å². The van der Waals surface area contributed by atoms with Gasteiger partial charge in [-0.25, -0.2) is 0 Å². The van der Waals surface area contributed by atoms with Gasteiger partial charge in [-0.3, -0.25) is 9.59 Å². The summed E-state index contributed by atoms with van der Waals surface area (Å²) >= 11 is 0. The van der Waals surface area contributed by atoms with Crippen molar-refractivity contribution in [3.05, 3.63) is 153 Å². The number of carbonyl (C=O) groups excluding carboxylic acids is 2. The first-order valence-corrected chi connectivity index (χ1v) is 43.0. The molecule has 9 rings (SSSR count). The van der Waals surface area contributed by atoms with Crippen LogP contribution in [0, 0.1) is 25.7 Å². The maximum atomic E-state index is 16.3. The maximum absolute atomic E-state index is 16.3. The quantitative estimate of drug-likeness (QED) is 0.0357. The fourth-order valence-corrected chi connectivity index (χ4v) is 18.1. The summed E-state index contributed by atoms with van der Waals surface area (Å²) in [6.07, 6.45) is 58.9. The number of amides is 2. The summed E-state index contributed by atoms with van der Waals surface area (Å²) in [6.45, 7) is 19.8. The molecule has 0 fully saturated rings. The van der Waals surface area contributed by atoms with Crippen molar-refractivity contribution in [1.29, 1.82) is 0 Å². The Hall–Kier alpha value is -5.74. The van der Waals surface area contributed by atoms with Gasteiger partial charge in [-0.15, -0.1) is 0 Å². The fourth-order valence-electron chi connectivity index (χ4n) is 18.1. The molecule has 6 aromatic rings. The predicted molar refractivity (Wildman–Crippen MR) is 440 cm³/mol. The molecule has 1 aliphatic carbocycles. The van der Waals surface area contributed by atoms with Gasteiger partial charge in [0.05, 0.1) is 22.5 Å². The van der Waals surface area contributed by atoms with Crippen LogP contribution in [0.15, 0.2) is 109 Å². The van der Waals surface area contributed by atoms with E-state index >= 15 is 9.59 Å². The lowest BCUT2D eigenvalue weighted by atomic mass is 9.70. The summed E-state index contributed by atoms with van der Waals surface area (Å²) in [5.41, 5.74) is 16.8. The normalized spacial score (nSPS) is 14.4. The molecule has 0 aromatic heterocycles. The van der Waals surface area contributed by atoms with Gasteiger partial charge >= 0.3 is 0 Å². The third-order valence-electron chi connectivity index (χ3n) is 24.2. The van der Waals surface area contributed by atoms with Gasteiger partial charge in [0.2, 0.25) is 0 Å². The van der Waals surface area contributed by atoms with Crippen molar-refractivity contribution in [3.63, 3.8) is 0 Å². The predicted octanol–water partition coefficient (Wildman–Crippen LogP) is 27.8. The highest BCUT2D eigenvalue weighted by atomic mass is 16.2. The number of benzene rings is 6. The van der Waals surface area contributed by atoms with Crippen molar-refractivity contribution < 1.29 is 9.59 Å². The highest BCUT2D eigenvalue weighted by Crippen LogP contribution is 2.55. The number of hydrogen-bond acceptors (Lipinski definition) is 2. The van der Waals surface area contributed by atoms with Crippen molar-refractivity contribution in [3.8, 4) is 22.3 Å². The number of fused-ring (bicyclic) bond motifs is 8. The summed E-state index contributed by atoms with van der Waals surface area (Å²) in [5.74, 6) is 1.07. The van der Waals surface area contributed by atoms with Gasteiger partial charge in [-0.1, -0.05) is 413 Å². The second-order valence-electron chi connectivity index (χ2n) is 32.3. The number of nitrogens with zero attached hydrogens (tertiary/aromatic N) is 2. The van der Waals surface area contributed by atoms with E-state index in [4.69, 9.17) is 0 Å². The van der Waals surface area contributed by atoms with Crippen LogP contribution in [0.2, 0.25) is 0 Å². The SMILES string of the molecule is CCCCCCCCCCC(CCCCCCCC)CN1C(=O)C(c2ccc(C)cc2)=c2ccc3c4c(ccc3c21)=C(c1ccc(-c2ccc3c(c2)C(CCCCCCCC)(CCCCCCCC)c2cc(C)ccc2-3)cc1)C(=O)N4CC(CCCCCCCC)CCCCCCCCCC. The first-order valence-electron chi connectivity index (χ1n) is 43.0. The molecule has 0 N–H and O–H groups in total. The smallest absolute Gasteiger partial charge is 0.259 e. The maximum Gasteiger partial charge on any atom is 0.259 e. The van der Waals surface area contributed by atoms with Crippen LogP contribution in [-0.4, -0.2) is 24.9 Å². The number of hydrogen-bond donors (Lipinski definition) is 0. The molecule has 2 amide bonds. The molecule has 0 saturated carbocycles. The summed E-state index contributed by atoms with van der Waals surface area (Å²) in [5, 5.41) is 4.28. The third-order valence-corrected chi connectivity index (χ3v) is 24.2. The average Bonchev–Trinajstić information content (AvgIpc) is 1.57. The van der Waals surface area contributed by atoms with Crippen LogP contribution in [0.1, 0.15) is 370 Å². The first-order chi connectivity index (χ1) is 49.6. The number of unbranched alkanes of at least 4 members (excludes halogenated alkanes) is 34. The van der Waals surface area contributed by atoms with E-state index in [-0.39, 0.29) is 17.2 Å². The fraction of sp³-hybridized carbons (Fsp3) is 0.608. The Kier molecular flexibility index (Phi) is 33.7. The summed E-state index contributed by atoms with van der Waals surface area (Å²) in [4.78, 5) is 36.6. The van der Waals surface area contributed by atoms with Gasteiger partial charge in [-0.05, 0) is 115 Å². The molecule has 101 heavy (non-hydrogen) atoms. The summed E-state index contributed by atoms with van der Waals surface area (Å²) in [6, 6.07) is 41.9. The van der Waals surface area contributed by atoms with E-state index in [1.807, 2.05) is 0 Å². The largest absolute Gasteiger partial charge is 0.307 e. The standard InChI is InChI=1S/C97H140N2O2/c1-9-15-21-27-33-35-39-45-51-77(49-43-37-29-23-17-11-3)73-98-93-85-66-68-88-92(81-60-58-79(59-61-81)82-62-64-84-83-63-55-76(8)71-89(83)97(90(84)72-82,69-47-41-31-25-19-13-5)70-48-42-32-26-20-14-6)96(101)99(74-78(50-44-38-30-24-18-12-4)52-46-40-36-34-28-22-16-10-2)94(88)86(85)65-67-87(93)91(95(98)100)80-56-53-75(7)54-57-80/h53-68,71-72,77-78H,9-52,69-70,73-74H2,1-8H3. The second-order valence-corrected chi connectivity index (χ2v) is 32.3. The molecule has 0 bridgehead atoms. The van der Waals surface area contributed by atoms with Gasteiger partial charge in [0.15, 0.2) is 0 Å². The highest BCUT2D eigenvalue weighted by Gasteiger charge is 2.43. The molecule has 2 heterocycles. The lowest BCUT2D eigenvalue weighted by molar-refractivity contribution is -0.114. The minimum absolute atomic E-state index is 0.00170. The van der Waals surface area contributed by atoms with Gasteiger partial charge in [0.25, 0.3) is 11.8 Å². The first kappa shape index (κ1) is 79.4. The molecule has 0 spiro atoms. The number of anilines is 2. The number of rotatable bonds is 53. The van der Waals surface area contributed by atoms with Crippen molar-refractivity contribution in [2.75, 3.05) is 22.9 Å². The Morgan fingerprint density at radius 2 is 0.594 bits per heavy atom. The molecule has 2 aliphatic heterocycles. The van der Waals surface area contributed by atoms with E-state index in [1.54, 1.807) is 5.56 Å². The lowest BCUT2D eigenvalue weighted by Gasteiger charge is -2.33. The van der Waals surface area contributed by atoms with E-state index in [1.165, 1.54) is 309 Å². The average molecular weight is 1370 g/mol. The summed E-state index contributed by atoms with van der Waals surface area (Å²) in [7, 11) is 0. The molecule has 4 heteroatoms. The van der Waals surface area contributed by atoms with Crippen LogP contribution in [-0.2, 0) is 15.0 Å². The molecule has 0 saturated heterocycles. The molecular weight excluding hydrogens is 1230 g/mol. The van der Waals surface area contributed by atoms with Crippen LogP contribution in [0.5, 0.6) is 0 Å². The van der Waals surface area contributed by atoms with Gasteiger partial charge in [-0.2, -0.15) is 0 Å². The monoisotopic (exact) mass is 1370 g/mol. The third kappa shape index (κ3) is 21.7. The van der Waals surface area contributed by atoms with Crippen LogP contribution in [0.3, 0.4) is 0 Å². The van der Waals surface area contributed by atoms with E-state index in [0.29, 0.717) is 18.4 Å². The molecule has 550 valence electrons. The van der Waals surface area contributed by atoms with E-state index < -0.39 is 0 Å². The van der Waals surface area contributed by atoms with Gasteiger partial charge in [0, 0.05) is 39.7 Å². The zero-order chi connectivity index (χ0) is 71.0. The molecule has 2 atom stereocenters. The Morgan fingerprint density at radius 3 is 0.970 bits per heavy atom. The molecule has 0 radical (unpaired) electrons. The number of carbonyl (C=O) groups is 2. The van der Waals surface area contributed by atoms with Crippen LogP contribution in [0.25, 0.3) is 44.2 Å². The van der Waals surface area contributed by atoms with Crippen LogP contribution >= 0.6 is 0 Å². The minimum Gasteiger partial charge on any atom is -0.307 e. The Bertz CT molecular complexity index is 3570. The second kappa shape index (κ2) is 42.9. The Balaban J connectivity index is 1.13. The lowest BCUT2D eigenvalue weighted by Crippen LogP contribution is -2.34.